The van der Waals surface area contributed by atoms with E-state index in [0.717, 1.165) is 17.1 Å². The molecular formula is C37H50N8O6. The first-order valence-corrected chi connectivity index (χ1v) is 16.7. The van der Waals surface area contributed by atoms with Crippen LogP contribution in [0.15, 0.2) is 43.1 Å². The summed E-state index contributed by atoms with van der Waals surface area (Å²) in [5.74, 6) is -0.00120. The third-order valence-corrected chi connectivity index (χ3v) is 7.98. The van der Waals surface area contributed by atoms with Gasteiger partial charge in [0.1, 0.15) is 16.9 Å². The number of ether oxygens (including phenoxy) is 3. The number of hydrogen-bond acceptors (Lipinski definition) is 12. The van der Waals surface area contributed by atoms with Crippen molar-refractivity contribution in [1.29, 1.82) is 0 Å². The number of aryl methyl sites for hydroxylation is 1. The molecule has 51 heavy (non-hydrogen) atoms. The maximum Gasteiger partial charge on any atom is 0.410 e. The van der Waals surface area contributed by atoms with Crippen molar-refractivity contribution in [3.05, 3.63) is 60.1 Å². The number of rotatable bonds is 12. The van der Waals surface area contributed by atoms with Crippen molar-refractivity contribution in [3.63, 3.8) is 0 Å². The Balaban J connectivity index is 1.73. The lowest BCUT2D eigenvalue weighted by Crippen LogP contribution is -2.38. The Hall–Kier alpha value is -5.40. The molecule has 0 saturated heterocycles. The van der Waals surface area contributed by atoms with E-state index in [1.165, 1.54) is 24.3 Å². The van der Waals surface area contributed by atoms with Crippen LogP contribution in [0.3, 0.4) is 0 Å². The molecule has 3 heterocycles. The zero-order valence-electron chi connectivity index (χ0n) is 31.5. The molecule has 2 aromatic heterocycles. The average molecular weight is 703 g/mol. The SMILES string of the molecule is C=CC(=O)Nc1cc(Nc2ncc(C(=O)OC(C)C)c(N3CC(C)(C)c4nc(C)ccc43)n2)c(OC)cc1N(C)CCN(C)C(=O)OC(C)(C)C. The summed E-state index contributed by atoms with van der Waals surface area (Å²) < 4.78 is 16.8. The molecule has 4 rings (SSSR count). The number of carbonyl (C=O) groups excluding carboxylic acids is 3. The molecule has 3 aromatic rings. The number of aromatic nitrogens is 3. The van der Waals surface area contributed by atoms with Crippen LogP contribution in [0.4, 0.5) is 39.3 Å². The quantitative estimate of drug-likeness (QED) is 0.160. The van der Waals surface area contributed by atoms with Gasteiger partial charge in [0.25, 0.3) is 0 Å². The molecule has 0 fully saturated rings. The van der Waals surface area contributed by atoms with E-state index in [1.54, 1.807) is 33.0 Å². The van der Waals surface area contributed by atoms with Gasteiger partial charge >= 0.3 is 12.1 Å². The van der Waals surface area contributed by atoms with Crippen LogP contribution in [0, 0.1) is 6.92 Å². The average Bonchev–Trinajstić information content (AvgIpc) is 3.31. The number of carbonyl (C=O) groups is 3. The Labute approximate surface area is 300 Å². The number of amides is 2. The summed E-state index contributed by atoms with van der Waals surface area (Å²) in [6.45, 7) is 20.0. The highest BCUT2D eigenvalue weighted by Crippen LogP contribution is 2.44. The molecule has 0 saturated carbocycles. The van der Waals surface area contributed by atoms with Gasteiger partial charge in [0, 0.05) is 57.1 Å². The monoisotopic (exact) mass is 702 g/mol. The van der Waals surface area contributed by atoms with Crippen molar-refractivity contribution in [1.82, 2.24) is 19.9 Å². The van der Waals surface area contributed by atoms with Crippen LogP contribution in [0.2, 0.25) is 0 Å². The molecule has 0 spiro atoms. The molecular weight excluding hydrogens is 652 g/mol. The van der Waals surface area contributed by atoms with E-state index in [0.29, 0.717) is 48.3 Å². The third-order valence-electron chi connectivity index (χ3n) is 7.98. The van der Waals surface area contributed by atoms with Gasteiger partial charge in [-0.05, 0) is 65.8 Å². The lowest BCUT2D eigenvalue weighted by atomic mass is 9.91. The Morgan fingerprint density at radius 1 is 1.10 bits per heavy atom. The Morgan fingerprint density at radius 3 is 2.43 bits per heavy atom. The van der Waals surface area contributed by atoms with E-state index in [-0.39, 0.29) is 23.0 Å². The molecule has 0 aliphatic carbocycles. The van der Waals surface area contributed by atoms with Crippen molar-refractivity contribution in [2.24, 2.45) is 0 Å². The number of hydrogen-bond donors (Lipinski definition) is 2. The van der Waals surface area contributed by atoms with Gasteiger partial charge in [0.05, 0.1) is 41.7 Å². The minimum absolute atomic E-state index is 0.178. The van der Waals surface area contributed by atoms with Gasteiger partial charge in [0.2, 0.25) is 11.9 Å². The molecule has 1 aromatic carbocycles. The fourth-order valence-corrected chi connectivity index (χ4v) is 5.48. The van der Waals surface area contributed by atoms with Gasteiger partial charge < -0.3 is 39.5 Å². The molecule has 1 aliphatic heterocycles. The minimum Gasteiger partial charge on any atom is -0.494 e. The number of fused-ring (bicyclic) bond motifs is 1. The van der Waals surface area contributed by atoms with Gasteiger partial charge in [-0.15, -0.1) is 0 Å². The molecule has 0 radical (unpaired) electrons. The van der Waals surface area contributed by atoms with Gasteiger partial charge in [-0.1, -0.05) is 20.4 Å². The van der Waals surface area contributed by atoms with Crippen molar-refractivity contribution >= 4 is 52.5 Å². The first-order chi connectivity index (χ1) is 23.8. The summed E-state index contributed by atoms with van der Waals surface area (Å²) in [6.07, 6.45) is 1.83. The third kappa shape index (κ3) is 9.24. The lowest BCUT2D eigenvalue weighted by Gasteiger charge is -2.28. The Kier molecular flexibility index (Phi) is 11.5. The smallest absolute Gasteiger partial charge is 0.410 e. The van der Waals surface area contributed by atoms with E-state index in [9.17, 15) is 14.4 Å². The maximum absolute atomic E-state index is 13.3. The van der Waals surface area contributed by atoms with Crippen LogP contribution in [-0.2, 0) is 19.7 Å². The Morgan fingerprint density at radius 2 is 1.80 bits per heavy atom. The Bertz CT molecular complexity index is 1800. The first-order valence-electron chi connectivity index (χ1n) is 16.7. The second-order valence-corrected chi connectivity index (χ2v) is 14.4. The number of benzene rings is 1. The van der Waals surface area contributed by atoms with Gasteiger partial charge in [-0.25, -0.2) is 14.6 Å². The fraction of sp³-hybridized carbons (Fsp3) is 0.459. The zero-order valence-corrected chi connectivity index (χ0v) is 31.5. The van der Waals surface area contributed by atoms with Crippen LogP contribution < -0.4 is 25.2 Å². The summed E-state index contributed by atoms with van der Waals surface area (Å²) in [5.41, 5.74) is 3.40. The topological polar surface area (TPSA) is 151 Å². The predicted molar refractivity (Wildman–Crippen MR) is 199 cm³/mol. The number of nitrogens with zero attached hydrogens (tertiary/aromatic N) is 6. The number of pyridine rings is 1. The molecule has 0 atom stereocenters. The summed E-state index contributed by atoms with van der Waals surface area (Å²) in [7, 11) is 5.03. The van der Waals surface area contributed by atoms with Crippen LogP contribution in [0.1, 0.15) is 70.2 Å². The van der Waals surface area contributed by atoms with Crippen molar-refractivity contribution < 1.29 is 28.6 Å². The van der Waals surface area contributed by atoms with E-state index < -0.39 is 23.6 Å². The second kappa shape index (κ2) is 15.2. The standard InChI is InChI=1S/C37H50N8O6/c1-13-30(46)40-25-18-26(29(49-12)19-28(25)43(10)16-17-44(11)35(48)51-36(5,6)7)41-34-38-20-24(33(47)50-22(2)3)32(42-34)45-21-37(8,9)31-27(45)15-14-23(4)39-31/h13-15,18-20,22H,1,16-17,21H2,2-12H3,(H,40,46)(H,38,41,42). The minimum atomic E-state index is -0.621. The molecule has 14 nitrogen and oxygen atoms in total. The van der Waals surface area contributed by atoms with E-state index in [4.69, 9.17) is 24.2 Å². The second-order valence-electron chi connectivity index (χ2n) is 14.4. The summed E-state index contributed by atoms with van der Waals surface area (Å²) in [5, 5.41) is 6.09. The highest BCUT2D eigenvalue weighted by Gasteiger charge is 2.40. The van der Waals surface area contributed by atoms with Gasteiger partial charge in [0.15, 0.2) is 5.82 Å². The van der Waals surface area contributed by atoms with Crippen molar-refractivity contribution in [2.75, 3.05) is 61.3 Å². The number of likely N-dealkylation sites (N-methyl/N-ethyl adjacent to an activating group) is 2. The lowest BCUT2D eigenvalue weighted by molar-refractivity contribution is -0.111. The van der Waals surface area contributed by atoms with Crippen LogP contribution in [0.5, 0.6) is 5.75 Å². The largest absolute Gasteiger partial charge is 0.494 e. The van der Waals surface area contributed by atoms with Crippen molar-refractivity contribution in [3.8, 4) is 5.75 Å². The molecule has 2 N–H and O–H groups in total. The summed E-state index contributed by atoms with van der Waals surface area (Å²) in [6, 6.07) is 7.38. The van der Waals surface area contributed by atoms with Crippen LogP contribution in [0.25, 0.3) is 0 Å². The molecule has 0 unspecified atom stereocenters. The molecule has 2 amide bonds. The maximum atomic E-state index is 13.3. The summed E-state index contributed by atoms with van der Waals surface area (Å²) >= 11 is 0. The van der Waals surface area contributed by atoms with E-state index in [2.05, 4.69) is 36.0 Å². The molecule has 274 valence electrons. The number of anilines is 6. The number of esters is 1. The van der Waals surface area contributed by atoms with Crippen LogP contribution >= 0.6 is 0 Å². The number of methoxy groups -OCH3 is 1. The molecule has 1 aliphatic rings. The molecule has 14 heteroatoms. The highest BCUT2D eigenvalue weighted by molar-refractivity contribution is 6.02. The van der Waals surface area contributed by atoms with Crippen molar-refractivity contribution in [2.45, 2.75) is 72.5 Å². The highest BCUT2D eigenvalue weighted by atomic mass is 16.6. The molecule has 0 bridgehead atoms. The normalized spacial score (nSPS) is 13.3. The van der Waals surface area contributed by atoms with Gasteiger partial charge in [-0.2, -0.15) is 4.98 Å². The van der Waals surface area contributed by atoms with Crippen LogP contribution in [-0.4, -0.2) is 90.4 Å². The predicted octanol–water partition coefficient (Wildman–Crippen LogP) is 6.35. The summed E-state index contributed by atoms with van der Waals surface area (Å²) in [4.78, 5) is 57.9. The zero-order chi connectivity index (χ0) is 37.8. The van der Waals surface area contributed by atoms with E-state index in [1.807, 2.05) is 56.7 Å². The van der Waals surface area contributed by atoms with E-state index >= 15 is 0 Å². The fourth-order valence-electron chi connectivity index (χ4n) is 5.48. The van der Waals surface area contributed by atoms with Gasteiger partial charge in [-0.3, -0.25) is 9.78 Å². The first kappa shape index (κ1) is 38.4. The number of nitrogens with one attached hydrogen (secondary N) is 2.